The highest BCUT2D eigenvalue weighted by atomic mass is 16.5. The van der Waals surface area contributed by atoms with Gasteiger partial charge in [-0.1, -0.05) is 12.1 Å². The molecule has 2 aliphatic heterocycles. The quantitative estimate of drug-likeness (QED) is 0.798. The number of likely N-dealkylation sites (tertiary alicyclic amines) is 1. The van der Waals surface area contributed by atoms with Crippen LogP contribution in [0.3, 0.4) is 0 Å². The molecule has 2 aliphatic rings. The zero-order valence-corrected chi connectivity index (χ0v) is 16.6. The van der Waals surface area contributed by atoms with Gasteiger partial charge in [-0.3, -0.25) is 9.69 Å². The third-order valence-corrected chi connectivity index (χ3v) is 5.54. The molecule has 28 heavy (non-hydrogen) atoms. The molecule has 5 heteroatoms. The van der Waals surface area contributed by atoms with Crippen molar-refractivity contribution in [2.24, 2.45) is 0 Å². The second-order valence-electron chi connectivity index (χ2n) is 7.81. The maximum Gasteiger partial charge on any atom is 0.238 e. The Labute approximate surface area is 167 Å². The molecule has 2 heterocycles. The first-order valence-corrected chi connectivity index (χ1v) is 10.3. The molecular weight excluding hydrogens is 350 g/mol. The van der Waals surface area contributed by atoms with E-state index in [9.17, 15) is 4.79 Å². The molecule has 4 rings (SSSR count). The van der Waals surface area contributed by atoms with Crippen molar-refractivity contribution in [2.45, 2.75) is 39.2 Å². The van der Waals surface area contributed by atoms with Crippen LogP contribution in [0.15, 0.2) is 36.4 Å². The Bertz CT molecular complexity index is 844. The molecule has 2 N–H and O–H groups in total. The van der Waals surface area contributed by atoms with Crippen LogP contribution in [-0.2, 0) is 17.8 Å². The number of carbonyl (C=O) groups is 1. The van der Waals surface area contributed by atoms with E-state index in [0.717, 1.165) is 61.8 Å². The van der Waals surface area contributed by atoms with Gasteiger partial charge >= 0.3 is 0 Å². The van der Waals surface area contributed by atoms with E-state index in [2.05, 4.69) is 39.8 Å². The van der Waals surface area contributed by atoms with Crippen LogP contribution >= 0.6 is 0 Å². The lowest BCUT2D eigenvalue weighted by atomic mass is 10.0. The van der Waals surface area contributed by atoms with E-state index < -0.39 is 0 Å². The number of nitrogens with zero attached hydrogens (tertiary/aromatic N) is 1. The van der Waals surface area contributed by atoms with Crippen LogP contribution in [0.25, 0.3) is 0 Å². The largest absolute Gasteiger partial charge is 0.493 e. The second-order valence-corrected chi connectivity index (χ2v) is 7.81. The van der Waals surface area contributed by atoms with Crippen LogP contribution in [0.5, 0.6) is 5.75 Å². The Morgan fingerprint density at radius 3 is 2.79 bits per heavy atom. The second kappa shape index (κ2) is 8.65. The molecule has 1 fully saturated rings. The molecule has 0 bridgehead atoms. The number of fused-ring (bicyclic) bond motifs is 1. The van der Waals surface area contributed by atoms with Crippen molar-refractivity contribution in [3.8, 4) is 5.75 Å². The summed E-state index contributed by atoms with van der Waals surface area (Å²) >= 11 is 0. The van der Waals surface area contributed by atoms with Gasteiger partial charge in [-0.15, -0.1) is 0 Å². The zero-order chi connectivity index (χ0) is 19.3. The number of anilines is 2. The Balaban J connectivity index is 1.33. The van der Waals surface area contributed by atoms with Gasteiger partial charge in [-0.05, 0) is 86.7 Å². The van der Waals surface area contributed by atoms with Crippen LogP contribution in [0.1, 0.15) is 36.0 Å². The number of benzene rings is 2. The summed E-state index contributed by atoms with van der Waals surface area (Å²) in [4.78, 5) is 14.5. The van der Waals surface area contributed by atoms with Crippen molar-refractivity contribution in [1.82, 2.24) is 4.90 Å². The van der Waals surface area contributed by atoms with Crippen LogP contribution in [0, 0.1) is 6.92 Å². The van der Waals surface area contributed by atoms with Gasteiger partial charge in [0.25, 0.3) is 0 Å². The maximum atomic E-state index is 12.3. The number of hydrogen-bond donors (Lipinski definition) is 2. The fourth-order valence-corrected chi connectivity index (χ4v) is 3.98. The molecule has 2 aromatic carbocycles. The van der Waals surface area contributed by atoms with E-state index in [-0.39, 0.29) is 5.91 Å². The van der Waals surface area contributed by atoms with E-state index >= 15 is 0 Å². The lowest BCUT2D eigenvalue weighted by Gasteiger charge is -2.18. The number of aryl methyl sites for hydroxylation is 2. The Kier molecular flexibility index (Phi) is 5.81. The molecule has 2 aromatic rings. The van der Waals surface area contributed by atoms with Crippen LogP contribution in [-0.4, -0.2) is 37.0 Å². The summed E-state index contributed by atoms with van der Waals surface area (Å²) in [6.07, 6.45) is 4.58. The Morgan fingerprint density at radius 2 is 1.96 bits per heavy atom. The first-order valence-electron chi connectivity index (χ1n) is 10.3. The SMILES string of the molecule is Cc1cc(NCc2ccc3c(c2)CCCO3)ccc1NC(=O)CN1CCCC1. The molecule has 0 aliphatic carbocycles. The smallest absolute Gasteiger partial charge is 0.238 e. The first kappa shape index (κ1) is 18.8. The summed E-state index contributed by atoms with van der Waals surface area (Å²) in [6, 6.07) is 12.5. The molecule has 0 saturated carbocycles. The number of ether oxygens (including phenoxy) is 1. The summed E-state index contributed by atoms with van der Waals surface area (Å²) in [5.74, 6) is 1.10. The highest BCUT2D eigenvalue weighted by molar-refractivity contribution is 5.93. The Hall–Kier alpha value is -2.53. The molecule has 0 unspecified atom stereocenters. The highest BCUT2D eigenvalue weighted by Crippen LogP contribution is 2.26. The van der Waals surface area contributed by atoms with Crippen molar-refractivity contribution in [3.63, 3.8) is 0 Å². The van der Waals surface area contributed by atoms with Crippen molar-refractivity contribution in [2.75, 3.05) is 36.9 Å². The van der Waals surface area contributed by atoms with Gasteiger partial charge in [-0.25, -0.2) is 0 Å². The van der Waals surface area contributed by atoms with Crippen molar-refractivity contribution >= 4 is 17.3 Å². The fraction of sp³-hybridized carbons (Fsp3) is 0.435. The van der Waals surface area contributed by atoms with Gasteiger partial charge in [0.05, 0.1) is 13.2 Å². The lowest BCUT2D eigenvalue weighted by Crippen LogP contribution is -2.31. The standard InChI is InChI=1S/C23H29N3O2/c1-17-13-20(7-8-21(17)25-23(27)16-26-10-2-3-11-26)24-15-18-6-9-22-19(14-18)5-4-12-28-22/h6-9,13-14,24H,2-5,10-12,15-16H2,1H3,(H,25,27). The van der Waals surface area contributed by atoms with E-state index in [1.807, 2.05) is 19.1 Å². The Morgan fingerprint density at radius 1 is 1.11 bits per heavy atom. The summed E-state index contributed by atoms with van der Waals surface area (Å²) in [7, 11) is 0. The number of nitrogens with one attached hydrogen (secondary N) is 2. The number of rotatable bonds is 6. The fourth-order valence-electron chi connectivity index (χ4n) is 3.98. The van der Waals surface area contributed by atoms with Crippen molar-refractivity contribution in [1.29, 1.82) is 0 Å². The van der Waals surface area contributed by atoms with E-state index in [4.69, 9.17) is 4.74 Å². The molecule has 0 spiro atoms. The van der Waals surface area contributed by atoms with Crippen LogP contribution in [0.4, 0.5) is 11.4 Å². The van der Waals surface area contributed by atoms with E-state index in [1.54, 1.807) is 0 Å². The summed E-state index contributed by atoms with van der Waals surface area (Å²) < 4.78 is 5.69. The third-order valence-electron chi connectivity index (χ3n) is 5.54. The van der Waals surface area contributed by atoms with Crippen molar-refractivity contribution in [3.05, 3.63) is 53.1 Å². The maximum absolute atomic E-state index is 12.3. The van der Waals surface area contributed by atoms with E-state index in [1.165, 1.54) is 24.0 Å². The molecular formula is C23H29N3O2. The van der Waals surface area contributed by atoms with Gasteiger partial charge in [-0.2, -0.15) is 0 Å². The number of amides is 1. The molecule has 0 radical (unpaired) electrons. The van der Waals surface area contributed by atoms with Gasteiger partial charge in [0.15, 0.2) is 0 Å². The van der Waals surface area contributed by atoms with Gasteiger partial charge in [0, 0.05) is 17.9 Å². The molecule has 0 atom stereocenters. The van der Waals surface area contributed by atoms with E-state index in [0.29, 0.717) is 6.54 Å². The predicted molar refractivity (Wildman–Crippen MR) is 113 cm³/mol. The average molecular weight is 380 g/mol. The normalized spacial score (nSPS) is 16.3. The van der Waals surface area contributed by atoms with Gasteiger partial charge < -0.3 is 15.4 Å². The predicted octanol–water partition coefficient (Wildman–Crippen LogP) is 3.97. The minimum absolute atomic E-state index is 0.0713. The average Bonchev–Trinajstić information content (AvgIpc) is 3.21. The molecule has 5 nitrogen and oxygen atoms in total. The number of hydrogen-bond acceptors (Lipinski definition) is 4. The minimum atomic E-state index is 0.0713. The monoisotopic (exact) mass is 379 g/mol. The summed E-state index contributed by atoms with van der Waals surface area (Å²) in [6.45, 7) is 6.18. The lowest BCUT2D eigenvalue weighted by molar-refractivity contribution is -0.117. The highest BCUT2D eigenvalue weighted by Gasteiger charge is 2.15. The summed E-state index contributed by atoms with van der Waals surface area (Å²) in [5, 5.41) is 6.54. The van der Waals surface area contributed by atoms with Crippen LogP contribution in [0.2, 0.25) is 0 Å². The summed E-state index contributed by atoms with van der Waals surface area (Å²) in [5.41, 5.74) is 5.57. The molecule has 1 amide bonds. The molecule has 1 saturated heterocycles. The van der Waals surface area contributed by atoms with Crippen LogP contribution < -0.4 is 15.4 Å². The van der Waals surface area contributed by atoms with Crippen molar-refractivity contribution < 1.29 is 9.53 Å². The van der Waals surface area contributed by atoms with Gasteiger partial charge in [0.2, 0.25) is 5.91 Å². The zero-order valence-electron chi connectivity index (χ0n) is 16.6. The number of carbonyl (C=O) groups excluding carboxylic acids is 1. The minimum Gasteiger partial charge on any atom is -0.493 e. The van der Waals surface area contributed by atoms with Gasteiger partial charge in [0.1, 0.15) is 5.75 Å². The topological polar surface area (TPSA) is 53.6 Å². The molecule has 148 valence electrons. The first-order chi connectivity index (χ1) is 13.7. The molecule has 0 aromatic heterocycles. The third kappa shape index (κ3) is 4.65.